The molecule has 2 N–H and O–H groups in total. The lowest BCUT2D eigenvalue weighted by Gasteiger charge is -2.02. The predicted molar refractivity (Wildman–Crippen MR) is 68.8 cm³/mol. The molecule has 0 saturated heterocycles. The number of methoxy groups -OCH3 is 1. The van der Waals surface area contributed by atoms with E-state index in [1.54, 1.807) is 13.2 Å². The van der Waals surface area contributed by atoms with Crippen LogP contribution in [0.3, 0.4) is 0 Å². The highest BCUT2D eigenvalue weighted by atomic mass is 32.1. The summed E-state index contributed by atoms with van der Waals surface area (Å²) in [6.45, 7) is 0. The summed E-state index contributed by atoms with van der Waals surface area (Å²) in [6.07, 6.45) is 0. The molecular weight excluding hydrogens is 238 g/mol. The molecule has 0 fully saturated rings. The van der Waals surface area contributed by atoms with Gasteiger partial charge in [0.1, 0.15) is 21.7 Å². The van der Waals surface area contributed by atoms with E-state index in [0.29, 0.717) is 21.7 Å². The molecule has 3 aromatic rings. The van der Waals surface area contributed by atoms with Gasteiger partial charge in [-0.2, -0.15) is 0 Å². The second-order valence-corrected chi connectivity index (χ2v) is 4.55. The van der Waals surface area contributed by atoms with Gasteiger partial charge in [0.2, 0.25) is 0 Å². The maximum atomic E-state index is 11.8. The third-order valence-electron chi connectivity index (χ3n) is 2.71. The number of rotatable bonds is 1. The first-order chi connectivity index (χ1) is 8.20. The highest BCUT2D eigenvalue weighted by molar-refractivity contribution is 7.16. The van der Waals surface area contributed by atoms with E-state index < -0.39 is 5.63 Å². The van der Waals surface area contributed by atoms with Crippen LogP contribution in [0.5, 0.6) is 5.75 Å². The summed E-state index contributed by atoms with van der Waals surface area (Å²) >= 11 is 1.34. The molecule has 3 rings (SSSR count). The van der Waals surface area contributed by atoms with Crippen molar-refractivity contribution in [3.05, 3.63) is 34.0 Å². The molecule has 1 aromatic carbocycles. The number of hydrogen-bond acceptors (Lipinski definition) is 5. The first-order valence-electron chi connectivity index (χ1n) is 4.98. The molecule has 0 atom stereocenters. The molecular formula is C12H9NO3S. The van der Waals surface area contributed by atoms with Crippen molar-refractivity contribution < 1.29 is 9.15 Å². The Bertz CT molecular complexity index is 772. The fourth-order valence-electron chi connectivity index (χ4n) is 1.87. The Balaban J connectivity index is 2.53. The normalized spacial score (nSPS) is 11.1. The van der Waals surface area contributed by atoms with E-state index in [4.69, 9.17) is 14.9 Å². The molecule has 0 aliphatic carbocycles. The van der Waals surface area contributed by atoms with Crippen molar-refractivity contribution in [3.8, 4) is 5.75 Å². The van der Waals surface area contributed by atoms with E-state index >= 15 is 0 Å². The number of anilines is 1. The molecule has 0 aliphatic rings. The summed E-state index contributed by atoms with van der Waals surface area (Å²) < 4.78 is 10.3. The lowest BCUT2D eigenvalue weighted by Crippen LogP contribution is -2.00. The molecule has 0 bridgehead atoms. The quantitative estimate of drug-likeness (QED) is 0.671. The molecule has 0 unspecified atom stereocenters. The largest absolute Gasteiger partial charge is 0.497 e. The van der Waals surface area contributed by atoms with E-state index in [-0.39, 0.29) is 0 Å². The van der Waals surface area contributed by atoms with Crippen molar-refractivity contribution in [2.45, 2.75) is 0 Å². The molecule has 2 heterocycles. The van der Waals surface area contributed by atoms with Gasteiger partial charge in [-0.1, -0.05) is 0 Å². The van der Waals surface area contributed by atoms with Gasteiger partial charge in [0.15, 0.2) is 0 Å². The highest BCUT2D eigenvalue weighted by Crippen LogP contribution is 2.32. The maximum Gasteiger partial charge on any atom is 0.347 e. The number of fused-ring (bicyclic) bond motifs is 3. The fraction of sp³-hybridized carbons (Fsp3) is 0.0833. The van der Waals surface area contributed by atoms with Gasteiger partial charge in [0.05, 0.1) is 7.11 Å². The average molecular weight is 247 g/mol. The summed E-state index contributed by atoms with van der Waals surface area (Å²) in [6, 6.07) is 5.39. The van der Waals surface area contributed by atoms with Crippen LogP contribution in [-0.4, -0.2) is 7.11 Å². The minimum Gasteiger partial charge on any atom is -0.497 e. The van der Waals surface area contributed by atoms with Gasteiger partial charge in [0, 0.05) is 22.2 Å². The summed E-state index contributed by atoms with van der Waals surface area (Å²) in [7, 11) is 1.57. The SMILES string of the molecule is COc1ccc2c(c1)oc(=O)c1c(N)scc12. The third kappa shape index (κ3) is 1.39. The number of nitrogens with two attached hydrogens (primary N) is 1. The van der Waals surface area contributed by atoms with Crippen LogP contribution in [-0.2, 0) is 0 Å². The second-order valence-electron chi connectivity index (χ2n) is 3.64. The van der Waals surface area contributed by atoms with Crippen molar-refractivity contribution >= 4 is 38.1 Å². The Morgan fingerprint density at radius 2 is 2.18 bits per heavy atom. The van der Waals surface area contributed by atoms with E-state index in [0.717, 1.165) is 10.8 Å². The molecule has 17 heavy (non-hydrogen) atoms. The van der Waals surface area contributed by atoms with Gasteiger partial charge in [-0.3, -0.25) is 0 Å². The van der Waals surface area contributed by atoms with Crippen molar-refractivity contribution in [2.24, 2.45) is 0 Å². The van der Waals surface area contributed by atoms with Crippen molar-refractivity contribution in [3.63, 3.8) is 0 Å². The Labute approximate surface area is 100 Å². The van der Waals surface area contributed by atoms with Crippen LogP contribution in [0.4, 0.5) is 5.00 Å². The van der Waals surface area contributed by atoms with Gasteiger partial charge >= 0.3 is 5.63 Å². The van der Waals surface area contributed by atoms with Crippen LogP contribution in [0, 0.1) is 0 Å². The standard InChI is InChI=1S/C12H9NO3S/c1-15-6-2-3-7-8-5-17-11(13)10(8)12(14)16-9(7)4-6/h2-5H,13H2,1H3. The Morgan fingerprint density at radius 3 is 2.94 bits per heavy atom. The number of thiophene rings is 1. The number of benzene rings is 1. The van der Waals surface area contributed by atoms with Crippen molar-refractivity contribution in [1.82, 2.24) is 0 Å². The lowest BCUT2D eigenvalue weighted by molar-refractivity contribution is 0.414. The number of ether oxygens (including phenoxy) is 1. The highest BCUT2D eigenvalue weighted by Gasteiger charge is 2.12. The Morgan fingerprint density at radius 1 is 1.35 bits per heavy atom. The first-order valence-corrected chi connectivity index (χ1v) is 5.86. The van der Waals surface area contributed by atoms with Crippen LogP contribution in [0.25, 0.3) is 21.7 Å². The molecule has 2 aromatic heterocycles. The molecule has 4 nitrogen and oxygen atoms in total. The van der Waals surface area contributed by atoms with Gasteiger partial charge in [-0.05, 0) is 12.1 Å². The van der Waals surface area contributed by atoms with Crippen LogP contribution < -0.4 is 16.1 Å². The van der Waals surface area contributed by atoms with Crippen LogP contribution >= 0.6 is 11.3 Å². The minimum atomic E-state index is -0.403. The minimum absolute atomic E-state index is 0.403. The predicted octanol–water partition coefficient (Wildman–Crippen LogP) is 2.60. The fourth-order valence-corrected chi connectivity index (χ4v) is 2.67. The Kier molecular flexibility index (Phi) is 2.09. The number of hydrogen-bond donors (Lipinski definition) is 1. The summed E-state index contributed by atoms with van der Waals surface area (Å²) in [5.74, 6) is 0.656. The lowest BCUT2D eigenvalue weighted by atomic mass is 10.1. The van der Waals surface area contributed by atoms with E-state index in [1.807, 2.05) is 17.5 Å². The monoisotopic (exact) mass is 247 g/mol. The molecule has 0 radical (unpaired) electrons. The second kappa shape index (κ2) is 3.49. The van der Waals surface area contributed by atoms with Crippen LogP contribution in [0.2, 0.25) is 0 Å². The average Bonchev–Trinajstić information content (AvgIpc) is 2.71. The molecule has 5 heteroatoms. The topological polar surface area (TPSA) is 65.5 Å². The van der Waals surface area contributed by atoms with Crippen LogP contribution in [0.15, 0.2) is 32.8 Å². The zero-order valence-corrected chi connectivity index (χ0v) is 9.84. The first kappa shape index (κ1) is 10.2. The molecule has 0 amide bonds. The zero-order chi connectivity index (χ0) is 12.0. The van der Waals surface area contributed by atoms with Crippen LogP contribution in [0.1, 0.15) is 0 Å². The van der Waals surface area contributed by atoms with E-state index in [2.05, 4.69) is 0 Å². The molecule has 86 valence electrons. The third-order valence-corrected chi connectivity index (χ3v) is 3.52. The smallest absolute Gasteiger partial charge is 0.347 e. The molecule has 0 aliphatic heterocycles. The molecule has 0 saturated carbocycles. The van der Waals surface area contributed by atoms with Gasteiger partial charge in [-0.15, -0.1) is 11.3 Å². The van der Waals surface area contributed by atoms with Gasteiger partial charge in [0.25, 0.3) is 0 Å². The van der Waals surface area contributed by atoms with E-state index in [1.165, 1.54) is 11.3 Å². The van der Waals surface area contributed by atoms with Crippen molar-refractivity contribution in [2.75, 3.05) is 12.8 Å². The zero-order valence-electron chi connectivity index (χ0n) is 9.02. The summed E-state index contributed by atoms with van der Waals surface area (Å²) in [5.41, 5.74) is 5.87. The van der Waals surface area contributed by atoms with Gasteiger partial charge in [-0.25, -0.2) is 4.79 Å². The van der Waals surface area contributed by atoms with Crippen molar-refractivity contribution in [1.29, 1.82) is 0 Å². The summed E-state index contributed by atoms with van der Waals surface area (Å²) in [4.78, 5) is 11.8. The van der Waals surface area contributed by atoms with E-state index in [9.17, 15) is 4.79 Å². The maximum absolute atomic E-state index is 11.8. The summed E-state index contributed by atoms with van der Waals surface area (Å²) in [5, 5.41) is 4.53. The molecule has 0 spiro atoms. The Hall–Kier alpha value is -2.01. The number of nitrogen functional groups attached to an aromatic ring is 1. The van der Waals surface area contributed by atoms with Gasteiger partial charge < -0.3 is 14.9 Å².